The van der Waals surface area contributed by atoms with E-state index in [1.807, 2.05) is 6.92 Å². The molecule has 0 radical (unpaired) electrons. The van der Waals surface area contributed by atoms with Gasteiger partial charge in [0.15, 0.2) is 5.76 Å². The number of unbranched alkanes of at least 4 members (excludes halogenated alkanes) is 1. The molecule has 0 saturated heterocycles. The molecule has 3 aromatic rings. The van der Waals surface area contributed by atoms with Gasteiger partial charge in [-0.1, -0.05) is 48.7 Å². The molecule has 5 nitrogen and oxygen atoms in total. The van der Waals surface area contributed by atoms with E-state index in [9.17, 15) is 9.59 Å². The number of amides is 2. The third kappa shape index (κ3) is 5.40. The van der Waals surface area contributed by atoms with Crippen molar-refractivity contribution in [1.29, 1.82) is 0 Å². The molecular formula is C22H20Cl2N2O3. The normalized spacial score (nSPS) is 10.6. The molecular weight excluding hydrogens is 411 g/mol. The fourth-order valence-corrected chi connectivity index (χ4v) is 3.12. The summed E-state index contributed by atoms with van der Waals surface area (Å²) in [6, 6.07) is 15.4. The first-order chi connectivity index (χ1) is 14.0. The quantitative estimate of drug-likeness (QED) is 0.441. The standard InChI is InChI=1S/C22H20Cl2N2O3/c1-2-3-10-20(27)25-14-6-4-7-15(13-14)26-22(28)19-12-11-18(29-19)16-8-5-9-17(23)21(16)24/h4-9,11-13H,2-3,10H2,1H3,(H,25,27)(H,26,28). The van der Waals surface area contributed by atoms with Gasteiger partial charge < -0.3 is 15.1 Å². The molecule has 2 N–H and O–H groups in total. The minimum absolute atomic E-state index is 0.0515. The summed E-state index contributed by atoms with van der Waals surface area (Å²) >= 11 is 12.2. The zero-order chi connectivity index (χ0) is 20.8. The maximum Gasteiger partial charge on any atom is 0.291 e. The van der Waals surface area contributed by atoms with E-state index in [-0.39, 0.29) is 11.7 Å². The summed E-state index contributed by atoms with van der Waals surface area (Å²) in [5.74, 6) is 0.112. The summed E-state index contributed by atoms with van der Waals surface area (Å²) in [6.07, 6.45) is 2.25. The van der Waals surface area contributed by atoms with Gasteiger partial charge in [0, 0.05) is 23.4 Å². The topological polar surface area (TPSA) is 71.3 Å². The molecule has 0 unspecified atom stereocenters. The fraction of sp³-hybridized carbons (Fsp3) is 0.182. The highest BCUT2D eigenvalue weighted by molar-refractivity contribution is 6.43. The monoisotopic (exact) mass is 430 g/mol. The summed E-state index contributed by atoms with van der Waals surface area (Å²) in [5, 5.41) is 6.36. The van der Waals surface area contributed by atoms with Crippen LogP contribution in [0.4, 0.5) is 11.4 Å². The minimum Gasteiger partial charge on any atom is -0.451 e. The molecule has 0 aliphatic carbocycles. The number of carbonyl (C=O) groups is 2. The maximum atomic E-state index is 12.5. The minimum atomic E-state index is -0.413. The van der Waals surface area contributed by atoms with Gasteiger partial charge in [0.1, 0.15) is 5.76 Å². The van der Waals surface area contributed by atoms with Crippen LogP contribution in [0.15, 0.2) is 59.0 Å². The Balaban J connectivity index is 1.70. The van der Waals surface area contributed by atoms with Crippen molar-refractivity contribution in [2.45, 2.75) is 26.2 Å². The van der Waals surface area contributed by atoms with Crippen molar-refractivity contribution in [2.24, 2.45) is 0 Å². The van der Waals surface area contributed by atoms with Gasteiger partial charge in [-0.15, -0.1) is 0 Å². The van der Waals surface area contributed by atoms with E-state index in [2.05, 4.69) is 10.6 Å². The first kappa shape index (κ1) is 21.0. The van der Waals surface area contributed by atoms with Gasteiger partial charge in [0.05, 0.1) is 10.0 Å². The molecule has 0 saturated carbocycles. The average molecular weight is 431 g/mol. The number of rotatable bonds is 7. The van der Waals surface area contributed by atoms with E-state index < -0.39 is 5.91 Å². The van der Waals surface area contributed by atoms with Crippen LogP contribution in [0.5, 0.6) is 0 Å². The highest BCUT2D eigenvalue weighted by atomic mass is 35.5. The van der Waals surface area contributed by atoms with Crippen LogP contribution in [0.25, 0.3) is 11.3 Å². The summed E-state index contributed by atoms with van der Waals surface area (Å²) in [7, 11) is 0. The van der Waals surface area contributed by atoms with Gasteiger partial charge >= 0.3 is 0 Å². The molecule has 7 heteroatoms. The molecule has 2 aromatic carbocycles. The van der Waals surface area contributed by atoms with Crippen LogP contribution < -0.4 is 10.6 Å². The Morgan fingerprint density at radius 1 is 0.966 bits per heavy atom. The molecule has 3 rings (SSSR count). The lowest BCUT2D eigenvalue weighted by Gasteiger charge is -2.08. The van der Waals surface area contributed by atoms with E-state index in [1.54, 1.807) is 54.6 Å². The Morgan fingerprint density at radius 2 is 1.69 bits per heavy atom. The number of furan rings is 1. The third-order valence-corrected chi connectivity index (χ3v) is 5.03. The van der Waals surface area contributed by atoms with Gasteiger partial charge in [-0.3, -0.25) is 9.59 Å². The number of halogens is 2. The van der Waals surface area contributed by atoms with Crippen LogP contribution in [0.2, 0.25) is 10.0 Å². The number of carbonyl (C=O) groups excluding carboxylic acids is 2. The first-order valence-electron chi connectivity index (χ1n) is 9.23. The number of anilines is 2. The molecule has 150 valence electrons. The van der Waals surface area contributed by atoms with Gasteiger partial charge in [-0.2, -0.15) is 0 Å². The van der Waals surface area contributed by atoms with Gasteiger partial charge in [0.2, 0.25) is 5.91 Å². The van der Waals surface area contributed by atoms with Crippen LogP contribution in [-0.2, 0) is 4.79 Å². The molecule has 0 aliphatic rings. The van der Waals surface area contributed by atoms with Crippen molar-refractivity contribution in [2.75, 3.05) is 10.6 Å². The fourth-order valence-electron chi connectivity index (χ4n) is 2.73. The Kier molecular flexibility index (Phi) is 6.96. The summed E-state index contributed by atoms with van der Waals surface area (Å²) in [6.45, 7) is 2.03. The second-order valence-corrected chi connectivity index (χ2v) is 7.24. The summed E-state index contributed by atoms with van der Waals surface area (Å²) < 4.78 is 5.65. The molecule has 0 fully saturated rings. The number of nitrogens with one attached hydrogen (secondary N) is 2. The predicted octanol–water partition coefficient (Wildman–Crippen LogP) is 6.63. The van der Waals surface area contributed by atoms with Crippen molar-refractivity contribution >= 4 is 46.4 Å². The average Bonchev–Trinajstić information content (AvgIpc) is 3.19. The lowest BCUT2D eigenvalue weighted by Crippen LogP contribution is -2.13. The predicted molar refractivity (Wildman–Crippen MR) is 117 cm³/mol. The van der Waals surface area contributed by atoms with Crippen molar-refractivity contribution in [1.82, 2.24) is 0 Å². The second kappa shape index (κ2) is 9.63. The maximum absolute atomic E-state index is 12.5. The Morgan fingerprint density at radius 3 is 2.45 bits per heavy atom. The van der Waals surface area contributed by atoms with E-state index in [1.165, 1.54) is 0 Å². The van der Waals surface area contributed by atoms with E-state index in [0.717, 1.165) is 12.8 Å². The molecule has 1 aromatic heterocycles. The van der Waals surface area contributed by atoms with E-state index in [4.69, 9.17) is 27.6 Å². The van der Waals surface area contributed by atoms with Crippen LogP contribution in [-0.4, -0.2) is 11.8 Å². The molecule has 1 heterocycles. The molecule has 2 amide bonds. The van der Waals surface area contributed by atoms with Crippen molar-refractivity contribution in [3.05, 3.63) is 70.4 Å². The van der Waals surface area contributed by atoms with E-state index in [0.29, 0.717) is 39.2 Å². The zero-order valence-electron chi connectivity index (χ0n) is 15.8. The molecule has 0 aliphatic heterocycles. The Hall–Kier alpha value is -2.76. The molecule has 29 heavy (non-hydrogen) atoms. The molecule has 0 spiro atoms. The highest BCUT2D eigenvalue weighted by Crippen LogP contribution is 2.34. The van der Waals surface area contributed by atoms with Crippen LogP contribution in [0.3, 0.4) is 0 Å². The third-order valence-electron chi connectivity index (χ3n) is 4.21. The molecule has 0 atom stereocenters. The number of hydrogen-bond acceptors (Lipinski definition) is 3. The zero-order valence-corrected chi connectivity index (χ0v) is 17.3. The largest absolute Gasteiger partial charge is 0.451 e. The first-order valence-corrected chi connectivity index (χ1v) is 9.99. The Labute approximate surface area is 179 Å². The van der Waals surface area contributed by atoms with Crippen LogP contribution in [0.1, 0.15) is 36.7 Å². The second-order valence-electron chi connectivity index (χ2n) is 6.45. The van der Waals surface area contributed by atoms with Gasteiger partial charge in [0.25, 0.3) is 5.91 Å². The van der Waals surface area contributed by atoms with Crippen molar-refractivity contribution < 1.29 is 14.0 Å². The molecule has 0 bridgehead atoms. The Bertz CT molecular complexity index is 1030. The highest BCUT2D eigenvalue weighted by Gasteiger charge is 2.15. The van der Waals surface area contributed by atoms with Crippen molar-refractivity contribution in [3.8, 4) is 11.3 Å². The SMILES string of the molecule is CCCCC(=O)Nc1cccc(NC(=O)c2ccc(-c3cccc(Cl)c3Cl)o2)c1. The summed E-state index contributed by atoms with van der Waals surface area (Å²) in [5.41, 5.74) is 1.77. The van der Waals surface area contributed by atoms with Crippen molar-refractivity contribution in [3.63, 3.8) is 0 Å². The van der Waals surface area contributed by atoms with Gasteiger partial charge in [-0.25, -0.2) is 0 Å². The smallest absolute Gasteiger partial charge is 0.291 e. The van der Waals surface area contributed by atoms with Gasteiger partial charge in [-0.05, 0) is 48.9 Å². The summed E-state index contributed by atoms with van der Waals surface area (Å²) in [4.78, 5) is 24.4. The van der Waals surface area contributed by atoms with E-state index >= 15 is 0 Å². The lowest BCUT2D eigenvalue weighted by molar-refractivity contribution is -0.116. The number of hydrogen-bond donors (Lipinski definition) is 2. The van der Waals surface area contributed by atoms with Crippen LogP contribution >= 0.6 is 23.2 Å². The lowest BCUT2D eigenvalue weighted by atomic mass is 10.2. The van der Waals surface area contributed by atoms with Crippen LogP contribution in [0, 0.1) is 0 Å². The number of benzene rings is 2.